The van der Waals surface area contributed by atoms with Gasteiger partial charge in [0, 0.05) is 13.1 Å². The number of fused-ring (bicyclic) bond motifs is 2. The topological polar surface area (TPSA) is 73.2 Å². The standard InChI is InChI=1S/C7H11N3O3/c11-7(12)9-3-5-1-2-6(4-9)10(5)8-13/h5-6H,1-4H2,(H,11,12). The third-order valence-electron chi connectivity index (χ3n) is 2.81. The van der Waals surface area contributed by atoms with Crippen molar-refractivity contribution in [3.05, 3.63) is 4.91 Å². The van der Waals surface area contributed by atoms with Crippen LogP contribution in [-0.4, -0.2) is 46.3 Å². The van der Waals surface area contributed by atoms with Crippen LogP contribution in [0.25, 0.3) is 0 Å². The van der Waals surface area contributed by atoms with Crippen LogP contribution in [0, 0.1) is 4.91 Å². The van der Waals surface area contributed by atoms with E-state index in [0.717, 1.165) is 12.8 Å². The summed E-state index contributed by atoms with van der Waals surface area (Å²) in [4.78, 5) is 22.4. The van der Waals surface area contributed by atoms with Crippen molar-refractivity contribution in [1.82, 2.24) is 9.91 Å². The van der Waals surface area contributed by atoms with Gasteiger partial charge in [-0.3, -0.25) is 5.01 Å². The molecular formula is C7H11N3O3. The summed E-state index contributed by atoms with van der Waals surface area (Å²) in [7, 11) is 0. The van der Waals surface area contributed by atoms with Crippen LogP contribution >= 0.6 is 0 Å². The highest BCUT2D eigenvalue weighted by Gasteiger charge is 2.41. The molecule has 0 aliphatic carbocycles. The van der Waals surface area contributed by atoms with Crippen LogP contribution in [0.4, 0.5) is 4.79 Å². The summed E-state index contributed by atoms with van der Waals surface area (Å²) < 4.78 is 0. The van der Waals surface area contributed by atoms with Crippen LogP contribution in [0.5, 0.6) is 0 Å². The van der Waals surface area contributed by atoms with Crippen molar-refractivity contribution in [1.29, 1.82) is 0 Å². The van der Waals surface area contributed by atoms with E-state index >= 15 is 0 Å². The van der Waals surface area contributed by atoms with Gasteiger partial charge in [0.15, 0.2) is 0 Å². The minimum atomic E-state index is -0.901. The first-order valence-electron chi connectivity index (χ1n) is 4.32. The lowest BCUT2D eigenvalue weighted by atomic mass is 10.2. The zero-order valence-corrected chi connectivity index (χ0v) is 7.09. The molecule has 2 rings (SSSR count). The van der Waals surface area contributed by atoms with Crippen molar-refractivity contribution in [2.75, 3.05) is 13.1 Å². The molecule has 72 valence electrons. The molecule has 13 heavy (non-hydrogen) atoms. The number of piperazine rings is 1. The van der Waals surface area contributed by atoms with Gasteiger partial charge < -0.3 is 10.0 Å². The minimum Gasteiger partial charge on any atom is -0.465 e. The summed E-state index contributed by atoms with van der Waals surface area (Å²) in [5.74, 6) is 0. The number of likely N-dealkylation sites (tertiary alicyclic amines) is 1. The summed E-state index contributed by atoms with van der Waals surface area (Å²) in [6.07, 6.45) is 0.850. The van der Waals surface area contributed by atoms with Gasteiger partial charge >= 0.3 is 6.09 Å². The number of carboxylic acid groups (broad SMARTS) is 1. The van der Waals surface area contributed by atoms with Crippen molar-refractivity contribution in [3.8, 4) is 0 Å². The first kappa shape index (κ1) is 8.28. The first-order valence-corrected chi connectivity index (χ1v) is 4.32. The fourth-order valence-corrected chi connectivity index (χ4v) is 2.17. The molecule has 0 saturated carbocycles. The van der Waals surface area contributed by atoms with Crippen LogP contribution in [-0.2, 0) is 0 Å². The van der Waals surface area contributed by atoms with Crippen molar-refractivity contribution in [3.63, 3.8) is 0 Å². The highest BCUT2D eigenvalue weighted by atomic mass is 16.4. The Morgan fingerprint density at radius 3 is 2.23 bits per heavy atom. The fourth-order valence-electron chi connectivity index (χ4n) is 2.17. The first-order chi connectivity index (χ1) is 6.22. The molecule has 0 aromatic rings. The Balaban J connectivity index is 2.10. The highest BCUT2D eigenvalue weighted by molar-refractivity contribution is 5.65. The number of amides is 1. The Morgan fingerprint density at radius 2 is 1.85 bits per heavy atom. The van der Waals surface area contributed by atoms with Gasteiger partial charge in [-0.2, -0.15) is 0 Å². The van der Waals surface area contributed by atoms with Crippen molar-refractivity contribution in [2.45, 2.75) is 24.9 Å². The smallest absolute Gasteiger partial charge is 0.407 e. The molecule has 6 nitrogen and oxygen atoms in total. The van der Waals surface area contributed by atoms with Gasteiger partial charge in [0.2, 0.25) is 0 Å². The van der Waals surface area contributed by atoms with Crippen molar-refractivity contribution >= 4 is 6.09 Å². The average molecular weight is 185 g/mol. The molecule has 0 aromatic heterocycles. The third-order valence-corrected chi connectivity index (χ3v) is 2.81. The number of nitrogens with zero attached hydrogens (tertiary/aromatic N) is 3. The number of carbonyl (C=O) groups is 1. The molecule has 0 aromatic carbocycles. The molecule has 2 saturated heterocycles. The molecule has 2 heterocycles. The van der Waals surface area contributed by atoms with Gasteiger partial charge in [-0.1, -0.05) is 0 Å². The molecule has 2 fully saturated rings. The number of rotatable bonds is 1. The number of hydrogen-bond acceptors (Lipinski definition) is 3. The number of hydrogen-bond donors (Lipinski definition) is 1. The predicted molar refractivity (Wildman–Crippen MR) is 44.0 cm³/mol. The maximum atomic E-state index is 10.7. The number of nitroso groups, excluding NO2 is 1. The minimum absolute atomic E-state index is 0.00681. The van der Waals surface area contributed by atoms with E-state index in [4.69, 9.17) is 5.11 Å². The Bertz CT molecular complexity index is 231. The van der Waals surface area contributed by atoms with Gasteiger partial charge in [0.1, 0.15) is 0 Å². The molecule has 2 aliphatic rings. The van der Waals surface area contributed by atoms with E-state index in [1.807, 2.05) is 0 Å². The molecule has 2 atom stereocenters. The lowest BCUT2D eigenvalue weighted by Crippen LogP contribution is -2.52. The summed E-state index contributed by atoms with van der Waals surface area (Å²) in [5.41, 5.74) is 0. The Kier molecular flexibility index (Phi) is 1.82. The molecule has 1 N–H and O–H groups in total. The van der Waals surface area contributed by atoms with Crippen LogP contribution < -0.4 is 0 Å². The molecule has 0 spiro atoms. The second kappa shape index (κ2) is 2.86. The zero-order valence-electron chi connectivity index (χ0n) is 7.09. The lowest BCUT2D eigenvalue weighted by molar-refractivity contribution is 0.0638. The second-order valence-corrected chi connectivity index (χ2v) is 3.53. The lowest BCUT2D eigenvalue weighted by Gasteiger charge is -2.35. The summed E-state index contributed by atoms with van der Waals surface area (Å²) in [5, 5.41) is 13.2. The van der Waals surface area contributed by atoms with Crippen LogP contribution in [0.15, 0.2) is 5.29 Å². The monoisotopic (exact) mass is 185 g/mol. The van der Waals surface area contributed by atoms with Gasteiger partial charge in [-0.15, -0.1) is 4.91 Å². The molecule has 1 amide bonds. The van der Waals surface area contributed by atoms with Crippen molar-refractivity contribution < 1.29 is 9.90 Å². The maximum Gasteiger partial charge on any atom is 0.407 e. The van der Waals surface area contributed by atoms with Gasteiger partial charge in [0.25, 0.3) is 0 Å². The van der Waals surface area contributed by atoms with Crippen LogP contribution in [0.2, 0.25) is 0 Å². The van der Waals surface area contributed by atoms with E-state index < -0.39 is 6.09 Å². The Labute approximate surface area is 75.1 Å². The molecule has 0 radical (unpaired) electrons. The quantitative estimate of drug-likeness (QED) is 0.603. The van der Waals surface area contributed by atoms with E-state index in [0.29, 0.717) is 13.1 Å². The van der Waals surface area contributed by atoms with E-state index in [2.05, 4.69) is 5.29 Å². The van der Waals surface area contributed by atoms with Crippen LogP contribution in [0.3, 0.4) is 0 Å². The molecular weight excluding hydrogens is 174 g/mol. The Hall–Kier alpha value is -1.33. The fraction of sp³-hybridized carbons (Fsp3) is 0.857. The van der Waals surface area contributed by atoms with Gasteiger partial charge in [-0.25, -0.2) is 4.79 Å². The summed E-state index contributed by atoms with van der Waals surface area (Å²) in [6, 6.07) is 0.0136. The molecule has 2 aliphatic heterocycles. The third kappa shape index (κ3) is 1.22. The normalized spacial score (nSPS) is 32.0. The second-order valence-electron chi connectivity index (χ2n) is 3.53. The summed E-state index contributed by atoms with van der Waals surface area (Å²) >= 11 is 0. The van der Waals surface area contributed by atoms with E-state index in [-0.39, 0.29) is 12.1 Å². The molecule has 6 heteroatoms. The van der Waals surface area contributed by atoms with E-state index in [9.17, 15) is 9.70 Å². The largest absolute Gasteiger partial charge is 0.465 e. The molecule has 2 unspecified atom stereocenters. The van der Waals surface area contributed by atoms with E-state index in [1.54, 1.807) is 0 Å². The average Bonchev–Trinajstić information content (AvgIpc) is 2.34. The van der Waals surface area contributed by atoms with Gasteiger partial charge in [0.05, 0.1) is 17.4 Å². The van der Waals surface area contributed by atoms with Crippen LogP contribution in [0.1, 0.15) is 12.8 Å². The molecule has 2 bridgehead atoms. The van der Waals surface area contributed by atoms with Gasteiger partial charge in [-0.05, 0) is 12.8 Å². The summed E-state index contributed by atoms with van der Waals surface area (Å²) in [6.45, 7) is 0.829. The van der Waals surface area contributed by atoms with Crippen molar-refractivity contribution in [2.24, 2.45) is 5.29 Å². The van der Waals surface area contributed by atoms with E-state index in [1.165, 1.54) is 9.91 Å². The SMILES string of the molecule is O=NN1C2CCC1CN(C(=O)O)C2. The zero-order chi connectivity index (χ0) is 9.42. The predicted octanol–water partition coefficient (Wildman–Crippen LogP) is 0.494. The maximum absolute atomic E-state index is 10.7. The Morgan fingerprint density at radius 1 is 1.31 bits per heavy atom. The highest BCUT2D eigenvalue weighted by Crippen LogP contribution is 2.29.